The Labute approximate surface area is 103 Å². The van der Waals surface area contributed by atoms with Crippen LogP contribution >= 0.6 is 23.1 Å². The van der Waals surface area contributed by atoms with Crippen molar-refractivity contribution in [1.82, 2.24) is 10.2 Å². The fraction of sp³-hybridized carbons (Fsp3) is 0.667. The third kappa shape index (κ3) is 4.36. The summed E-state index contributed by atoms with van der Waals surface area (Å²) in [5.41, 5.74) is 5.44. The van der Waals surface area contributed by atoms with E-state index in [1.165, 1.54) is 23.1 Å². The molecule has 1 aromatic heterocycles. The summed E-state index contributed by atoms with van der Waals surface area (Å²) in [4.78, 5) is 11.5. The molecule has 1 aromatic rings. The van der Waals surface area contributed by atoms with Gasteiger partial charge in [0.1, 0.15) is 5.25 Å². The maximum Gasteiger partial charge on any atom is 0.319 e. The Balaban J connectivity index is 2.39. The van der Waals surface area contributed by atoms with Crippen LogP contribution in [0.4, 0.5) is 5.13 Å². The molecule has 0 aliphatic rings. The number of hydrogen-bond donors (Lipinski definition) is 1. The van der Waals surface area contributed by atoms with Crippen molar-refractivity contribution >= 4 is 34.2 Å². The first-order chi connectivity index (χ1) is 7.49. The van der Waals surface area contributed by atoms with Gasteiger partial charge >= 0.3 is 5.97 Å². The van der Waals surface area contributed by atoms with Crippen molar-refractivity contribution in [2.75, 3.05) is 12.3 Å². The number of carbonyl (C=O) groups excluding carboxylic acids is 1. The standard InChI is InChI=1S/C9H15N3O2S2/c1-5(2)4-14-7(13)6(3)15-9-12-11-8(10)16-9/h5-6H,4H2,1-3H3,(H2,10,11). The molecule has 0 amide bonds. The van der Waals surface area contributed by atoms with Gasteiger partial charge in [-0.2, -0.15) is 0 Å². The van der Waals surface area contributed by atoms with Gasteiger partial charge in [-0.25, -0.2) is 0 Å². The van der Waals surface area contributed by atoms with Gasteiger partial charge in [-0.15, -0.1) is 10.2 Å². The van der Waals surface area contributed by atoms with Gasteiger partial charge < -0.3 is 10.5 Å². The molecule has 1 unspecified atom stereocenters. The molecule has 0 aliphatic heterocycles. The molecule has 2 N–H and O–H groups in total. The van der Waals surface area contributed by atoms with E-state index in [0.29, 0.717) is 22.0 Å². The lowest BCUT2D eigenvalue weighted by molar-refractivity contribution is -0.143. The highest BCUT2D eigenvalue weighted by Gasteiger charge is 2.18. The van der Waals surface area contributed by atoms with Crippen LogP contribution in [-0.4, -0.2) is 28.0 Å². The van der Waals surface area contributed by atoms with Crippen molar-refractivity contribution in [2.45, 2.75) is 30.4 Å². The number of thioether (sulfide) groups is 1. The second-order valence-corrected chi connectivity index (χ2v) is 6.29. The van der Waals surface area contributed by atoms with Crippen LogP contribution in [0.5, 0.6) is 0 Å². The molecule has 5 nitrogen and oxygen atoms in total. The van der Waals surface area contributed by atoms with E-state index >= 15 is 0 Å². The Morgan fingerprint density at radius 3 is 2.69 bits per heavy atom. The first kappa shape index (κ1) is 13.2. The summed E-state index contributed by atoms with van der Waals surface area (Å²) in [7, 11) is 0. The molecule has 16 heavy (non-hydrogen) atoms. The number of nitrogens with two attached hydrogens (primary N) is 1. The SMILES string of the molecule is CC(C)COC(=O)C(C)Sc1nnc(N)s1. The molecule has 0 fully saturated rings. The normalized spacial score (nSPS) is 12.8. The first-order valence-corrected chi connectivity index (χ1v) is 6.61. The molecule has 0 saturated carbocycles. The molecule has 0 aromatic carbocycles. The lowest BCUT2D eigenvalue weighted by Gasteiger charge is -2.10. The smallest absolute Gasteiger partial charge is 0.319 e. The largest absolute Gasteiger partial charge is 0.465 e. The summed E-state index contributed by atoms with van der Waals surface area (Å²) >= 11 is 2.58. The van der Waals surface area contributed by atoms with Gasteiger partial charge in [-0.1, -0.05) is 36.9 Å². The van der Waals surface area contributed by atoms with Crippen molar-refractivity contribution in [2.24, 2.45) is 5.92 Å². The van der Waals surface area contributed by atoms with Crippen LogP contribution in [0.15, 0.2) is 4.34 Å². The molecule has 0 aliphatic carbocycles. The van der Waals surface area contributed by atoms with Crippen molar-refractivity contribution in [3.8, 4) is 0 Å². The summed E-state index contributed by atoms with van der Waals surface area (Å²) in [6.45, 7) is 6.22. The summed E-state index contributed by atoms with van der Waals surface area (Å²) in [6.07, 6.45) is 0. The van der Waals surface area contributed by atoms with E-state index < -0.39 is 0 Å². The number of hydrogen-bond acceptors (Lipinski definition) is 7. The number of ether oxygens (including phenoxy) is 1. The number of nitrogens with zero attached hydrogens (tertiary/aromatic N) is 2. The van der Waals surface area contributed by atoms with Crippen LogP contribution < -0.4 is 5.73 Å². The third-order valence-electron chi connectivity index (χ3n) is 1.59. The maximum atomic E-state index is 11.5. The summed E-state index contributed by atoms with van der Waals surface area (Å²) in [6, 6.07) is 0. The third-order valence-corrected chi connectivity index (χ3v) is 3.51. The van der Waals surface area contributed by atoms with Crippen LogP contribution in [0.2, 0.25) is 0 Å². The molecule has 0 radical (unpaired) electrons. The Hall–Kier alpha value is -0.820. The molecular weight excluding hydrogens is 246 g/mol. The monoisotopic (exact) mass is 261 g/mol. The number of nitrogen functional groups attached to an aromatic ring is 1. The van der Waals surface area contributed by atoms with Crippen LogP contribution in [0.3, 0.4) is 0 Å². The minimum atomic E-state index is -0.286. The van der Waals surface area contributed by atoms with Crippen molar-refractivity contribution in [3.05, 3.63) is 0 Å². The Bertz CT molecular complexity index is 354. The van der Waals surface area contributed by atoms with Crippen LogP contribution in [0.25, 0.3) is 0 Å². The quantitative estimate of drug-likeness (QED) is 0.643. The number of aromatic nitrogens is 2. The highest BCUT2D eigenvalue weighted by Crippen LogP contribution is 2.27. The second kappa shape index (κ2) is 6.05. The summed E-state index contributed by atoms with van der Waals surface area (Å²) in [5, 5.41) is 7.63. The summed E-state index contributed by atoms with van der Waals surface area (Å²) in [5.74, 6) is 0.116. The summed E-state index contributed by atoms with van der Waals surface area (Å²) < 4.78 is 5.80. The number of carbonyl (C=O) groups is 1. The van der Waals surface area contributed by atoms with Crippen molar-refractivity contribution in [1.29, 1.82) is 0 Å². The first-order valence-electron chi connectivity index (χ1n) is 4.91. The second-order valence-electron chi connectivity index (χ2n) is 3.69. The average molecular weight is 261 g/mol. The van der Waals surface area contributed by atoms with E-state index in [9.17, 15) is 4.79 Å². The van der Waals surface area contributed by atoms with Crippen LogP contribution in [0, 0.1) is 5.92 Å². The lowest BCUT2D eigenvalue weighted by Crippen LogP contribution is -2.19. The Morgan fingerprint density at radius 1 is 1.50 bits per heavy atom. The fourth-order valence-corrected chi connectivity index (χ4v) is 2.61. The topological polar surface area (TPSA) is 78.1 Å². The van der Waals surface area contributed by atoms with Crippen molar-refractivity contribution in [3.63, 3.8) is 0 Å². The van der Waals surface area contributed by atoms with Gasteiger partial charge in [-0.3, -0.25) is 4.79 Å². The number of esters is 1. The molecular formula is C9H15N3O2S2. The van der Waals surface area contributed by atoms with E-state index in [4.69, 9.17) is 10.5 Å². The zero-order chi connectivity index (χ0) is 12.1. The molecule has 1 heterocycles. The van der Waals surface area contributed by atoms with E-state index in [-0.39, 0.29) is 11.2 Å². The van der Waals surface area contributed by atoms with E-state index in [2.05, 4.69) is 10.2 Å². The number of anilines is 1. The van der Waals surface area contributed by atoms with E-state index in [0.717, 1.165) is 0 Å². The van der Waals surface area contributed by atoms with Gasteiger partial charge in [0, 0.05) is 0 Å². The average Bonchev–Trinajstić information content (AvgIpc) is 2.60. The molecule has 7 heteroatoms. The molecule has 0 bridgehead atoms. The molecule has 1 atom stereocenters. The van der Waals surface area contributed by atoms with Crippen LogP contribution in [0.1, 0.15) is 20.8 Å². The minimum absolute atomic E-state index is 0.229. The minimum Gasteiger partial charge on any atom is -0.465 e. The lowest BCUT2D eigenvalue weighted by atomic mass is 10.2. The van der Waals surface area contributed by atoms with Gasteiger partial charge in [0.05, 0.1) is 6.61 Å². The zero-order valence-corrected chi connectivity index (χ0v) is 11.1. The van der Waals surface area contributed by atoms with Gasteiger partial charge in [0.15, 0.2) is 4.34 Å². The predicted molar refractivity (Wildman–Crippen MR) is 65.4 cm³/mol. The number of rotatable bonds is 5. The van der Waals surface area contributed by atoms with E-state index in [1.54, 1.807) is 6.92 Å². The highest BCUT2D eigenvalue weighted by molar-refractivity contribution is 8.02. The molecule has 90 valence electrons. The van der Waals surface area contributed by atoms with Gasteiger partial charge in [0.2, 0.25) is 5.13 Å². The van der Waals surface area contributed by atoms with Crippen LogP contribution in [-0.2, 0) is 9.53 Å². The molecule has 0 saturated heterocycles. The Kier molecular flexibility index (Phi) is 5.01. The van der Waals surface area contributed by atoms with Gasteiger partial charge in [0.25, 0.3) is 0 Å². The predicted octanol–water partition coefficient (Wildman–Crippen LogP) is 1.80. The molecule has 0 spiro atoms. The fourth-order valence-electron chi connectivity index (χ4n) is 0.834. The van der Waals surface area contributed by atoms with Gasteiger partial charge in [-0.05, 0) is 12.8 Å². The Morgan fingerprint density at radius 2 is 2.19 bits per heavy atom. The maximum absolute atomic E-state index is 11.5. The molecule has 1 rings (SSSR count). The van der Waals surface area contributed by atoms with Crippen molar-refractivity contribution < 1.29 is 9.53 Å². The zero-order valence-electron chi connectivity index (χ0n) is 9.47. The van der Waals surface area contributed by atoms with E-state index in [1.807, 2.05) is 13.8 Å². The highest BCUT2D eigenvalue weighted by atomic mass is 32.2.